The van der Waals surface area contributed by atoms with Crippen LogP contribution in [-0.4, -0.2) is 114 Å². The van der Waals surface area contributed by atoms with E-state index in [0.29, 0.717) is 48.7 Å². The standard InChI is InChI=1S/C42H62N2O14/c1-25(2)37(45)53-17-13-43-41(49)57-32(23-55-39(47)27(5)6)21-51-15-11-29-9-10-34-31-19-30(35(20-31)36(29)34)12-16-52-22-33(24-56-40(48)28(7)8)58-42(50)44-14-18-54-38(46)26(3)4/h29-36H,1,3,5,7,9-24H2,2,4,6,8H3,(H,43,49)(H,44,50). The van der Waals surface area contributed by atoms with Gasteiger partial charge in [0.25, 0.3) is 0 Å². The number of carbonyl (C=O) groups is 6. The predicted molar refractivity (Wildman–Crippen MR) is 210 cm³/mol. The fourth-order valence-electron chi connectivity index (χ4n) is 7.99. The van der Waals surface area contributed by atoms with Crippen molar-refractivity contribution in [2.24, 2.45) is 35.5 Å². The average molecular weight is 819 g/mol. The topological polar surface area (TPSA) is 200 Å². The number of nitrogens with one attached hydrogen (secondary N) is 2. The highest BCUT2D eigenvalue weighted by atomic mass is 16.6. The number of rotatable bonds is 26. The van der Waals surface area contributed by atoms with E-state index in [2.05, 4.69) is 36.9 Å². The Labute approximate surface area is 341 Å². The van der Waals surface area contributed by atoms with Gasteiger partial charge in [0.1, 0.15) is 26.4 Å². The summed E-state index contributed by atoms with van der Waals surface area (Å²) in [6.45, 7) is 20.7. The number of ether oxygens (including phenoxy) is 8. The number of amides is 2. The summed E-state index contributed by atoms with van der Waals surface area (Å²) < 4.78 is 43.3. The first-order valence-electron chi connectivity index (χ1n) is 19.9. The molecule has 3 aliphatic rings. The average Bonchev–Trinajstić information content (AvgIpc) is 3.89. The molecule has 0 aromatic rings. The Morgan fingerprint density at radius 1 is 0.534 bits per heavy atom. The van der Waals surface area contributed by atoms with Gasteiger partial charge in [-0.05, 0) is 102 Å². The lowest BCUT2D eigenvalue weighted by atomic mass is 9.71. The largest absolute Gasteiger partial charge is 0.460 e. The molecule has 16 heteroatoms. The third kappa shape index (κ3) is 15.9. The summed E-state index contributed by atoms with van der Waals surface area (Å²) in [5.41, 5.74) is 0.925. The van der Waals surface area contributed by atoms with Gasteiger partial charge in [0, 0.05) is 35.5 Å². The Morgan fingerprint density at radius 3 is 1.41 bits per heavy atom. The van der Waals surface area contributed by atoms with Gasteiger partial charge in [-0.25, -0.2) is 28.8 Å². The van der Waals surface area contributed by atoms with Crippen molar-refractivity contribution in [1.82, 2.24) is 10.6 Å². The summed E-state index contributed by atoms with van der Waals surface area (Å²) in [6, 6.07) is 0. The van der Waals surface area contributed by atoms with Crippen LogP contribution in [0.2, 0.25) is 0 Å². The van der Waals surface area contributed by atoms with Crippen LogP contribution in [0.25, 0.3) is 0 Å². The van der Waals surface area contributed by atoms with Gasteiger partial charge in [0.15, 0.2) is 12.2 Å². The van der Waals surface area contributed by atoms with E-state index in [1.807, 2.05) is 0 Å². The first kappa shape index (κ1) is 47.7. The number of hydrogen-bond donors (Lipinski definition) is 2. The number of esters is 4. The van der Waals surface area contributed by atoms with E-state index in [-0.39, 0.29) is 75.0 Å². The summed E-state index contributed by atoms with van der Waals surface area (Å²) in [6.07, 6.45) is 3.14. The molecule has 3 fully saturated rings. The van der Waals surface area contributed by atoms with Crippen molar-refractivity contribution in [1.29, 1.82) is 0 Å². The molecule has 0 aromatic carbocycles. The molecule has 0 saturated heterocycles. The fourth-order valence-corrected chi connectivity index (χ4v) is 7.99. The maximum absolute atomic E-state index is 12.4. The summed E-state index contributed by atoms with van der Waals surface area (Å²) in [7, 11) is 0. The van der Waals surface area contributed by atoms with E-state index >= 15 is 0 Å². The predicted octanol–water partition coefficient (Wildman–Crippen LogP) is 4.77. The minimum absolute atomic E-state index is 0.0239. The van der Waals surface area contributed by atoms with Crippen molar-refractivity contribution in [2.45, 2.75) is 78.4 Å². The second-order valence-electron chi connectivity index (χ2n) is 15.5. The first-order valence-corrected chi connectivity index (χ1v) is 19.9. The molecule has 0 spiro atoms. The molecule has 0 aliphatic heterocycles. The molecule has 2 N–H and O–H groups in total. The maximum atomic E-state index is 12.4. The minimum Gasteiger partial charge on any atom is -0.460 e. The molecule has 3 rings (SSSR count). The van der Waals surface area contributed by atoms with Crippen LogP contribution in [0.5, 0.6) is 0 Å². The van der Waals surface area contributed by atoms with Crippen molar-refractivity contribution in [2.75, 3.05) is 65.9 Å². The lowest BCUT2D eigenvalue weighted by molar-refractivity contribution is -0.144. The molecule has 0 radical (unpaired) electrons. The van der Waals surface area contributed by atoms with Crippen molar-refractivity contribution >= 4 is 36.1 Å². The number of carbonyl (C=O) groups excluding carboxylic acids is 6. The van der Waals surface area contributed by atoms with E-state index < -0.39 is 48.3 Å². The van der Waals surface area contributed by atoms with Crippen LogP contribution in [-0.2, 0) is 57.1 Å². The Bertz CT molecular complexity index is 1510. The van der Waals surface area contributed by atoms with Gasteiger partial charge in [-0.3, -0.25) is 0 Å². The molecular formula is C42H62N2O14. The van der Waals surface area contributed by atoms with E-state index in [9.17, 15) is 28.8 Å². The van der Waals surface area contributed by atoms with E-state index in [4.69, 9.17) is 37.9 Å². The zero-order valence-electron chi connectivity index (χ0n) is 34.5. The fraction of sp³-hybridized carbons (Fsp3) is 0.667. The first-order chi connectivity index (χ1) is 27.6. The Hall–Kier alpha value is -4.70. The van der Waals surface area contributed by atoms with Gasteiger partial charge in [0.05, 0.1) is 26.3 Å². The zero-order chi connectivity index (χ0) is 42.8. The highest BCUT2D eigenvalue weighted by Crippen LogP contribution is 2.63. The molecule has 324 valence electrons. The van der Waals surface area contributed by atoms with Crippen LogP contribution < -0.4 is 10.6 Å². The van der Waals surface area contributed by atoms with Gasteiger partial charge in [-0.15, -0.1) is 0 Å². The molecule has 0 heterocycles. The summed E-state index contributed by atoms with van der Waals surface area (Å²) in [4.78, 5) is 72.0. The molecule has 16 nitrogen and oxygen atoms in total. The third-order valence-corrected chi connectivity index (χ3v) is 10.6. The van der Waals surface area contributed by atoms with Gasteiger partial charge in [0.2, 0.25) is 0 Å². The highest BCUT2D eigenvalue weighted by Gasteiger charge is 2.56. The molecule has 3 saturated carbocycles. The van der Waals surface area contributed by atoms with Crippen LogP contribution in [0.3, 0.4) is 0 Å². The minimum atomic E-state index is -0.861. The van der Waals surface area contributed by atoms with E-state index in [1.54, 1.807) is 0 Å². The monoisotopic (exact) mass is 818 g/mol. The molecule has 2 amide bonds. The third-order valence-electron chi connectivity index (χ3n) is 10.6. The Balaban J connectivity index is 1.44. The van der Waals surface area contributed by atoms with Crippen molar-refractivity contribution in [3.63, 3.8) is 0 Å². The Kier molecular flexibility index (Phi) is 20.0. The van der Waals surface area contributed by atoms with Crippen LogP contribution in [0.4, 0.5) is 9.59 Å². The van der Waals surface area contributed by atoms with Crippen LogP contribution in [0, 0.1) is 35.5 Å². The molecule has 8 unspecified atom stereocenters. The molecule has 2 bridgehead atoms. The van der Waals surface area contributed by atoms with Crippen molar-refractivity contribution in [3.05, 3.63) is 48.6 Å². The second-order valence-corrected chi connectivity index (χ2v) is 15.5. The smallest absolute Gasteiger partial charge is 0.407 e. The van der Waals surface area contributed by atoms with Gasteiger partial charge in [-0.2, -0.15) is 0 Å². The quantitative estimate of drug-likeness (QED) is 0.0524. The lowest BCUT2D eigenvalue weighted by Gasteiger charge is -2.35. The normalized spacial score (nSPS) is 22.3. The summed E-state index contributed by atoms with van der Waals surface area (Å²) in [5, 5.41) is 5.01. The molecular weight excluding hydrogens is 756 g/mol. The zero-order valence-corrected chi connectivity index (χ0v) is 34.5. The van der Waals surface area contributed by atoms with Crippen LogP contribution in [0.15, 0.2) is 48.6 Å². The summed E-state index contributed by atoms with van der Waals surface area (Å²) >= 11 is 0. The second kappa shape index (κ2) is 24.3. The Morgan fingerprint density at radius 2 is 0.966 bits per heavy atom. The van der Waals surface area contributed by atoms with Crippen LogP contribution in [0.1, 0.15) is 66.2 Å². The molecule has 8 atom stereocenters. The molecule has 3 aliphatic carbocycles. The van der Waals surface area contributed by atoms with Crippen LogP contribution >= 0.6 is 0 Å². The van der Waals surface area contributed by atoms with E-state index in [1.165, 1.54) is 40.5 Å². The molecule has 0 aromatic heterocycles. The number of hydrogen-bond acceptors (Lipinski definition) is 14. The summed E-state index contributed by atoms with van der Waals surface area (Å²) in [5.74, 6) is 1.22. The van der Waals surface area contributed by atoms with Gasteiger partial charge >= 0.3 is 36.1 Å². The van der Waals surface area contributed by atoms with Crippen molar-refractivity contribution < 1.29 is 66.7 Å². The van der Waals surface area contributed by atoms with E-state index in [0.717, 1.165) is 25.7 Å². The van der Waals surface area contributed by atoms with Gasteiger partial charge < -0.3 is 48.5 Å². The maximum Gasteiger partial charge on any atom is 0.407 e. The van der Waals surface area contributed by atoms with Gasteiger partial charge in [-0.1, -0.05) is 26.3 Å². The SMILES string of the molecule is C=C(C)C(=O)OCCNC(=O)OC(COCCC1CC2CC1C1C(CCOCC(COC(=O)C(=C)C)OC(=O)NCCOC(=O)C(=C)C)CCC21)COC(=O)C(=C)C. The highest BCUT2D eigenvalue weighted by molar-refractivity contribution is 5.88. The number of alkyl carbamates (subject to hydrolysis) is 2. The lowest BCUT2D eigenvalue weighted by Crippen LogP contribution is -2.36. The molecule has 58 heavy (non-hydrogen) atoms. The number of fused-ring (bicyclic) bond motifs is 5. The van der Waals surface area contributed by atoms with Crippen molar-refractivity contribution in [3.8, 4) is 0 Å².